The molecular weight excluding hydrogens is 320 g/mol. The van der Waals surface area contributed by atoms with Crippen molar-refractivity contribution >= 4 is 22.8 Å². The highest BCUT2D eigenvalue weighted by Gasteiger charge is 2.11. The Morgan fingerprint density at radius 1 is 1.20 bits per heavy atom. The lowest BCUT2D eigenvalue weighted by molar-refractivity contribution is 0.248. The fraction of sp³-hybridized carbons (Fsp3) is 0.333. The van der Waals surface area contributed by atoms with Gasteiger partial charge in [-0.2, -0.15) is 0 Å². The molecule has 2 aromatic heterocycles. The molecule has 1 aromatic carbocycles. The standard InChI is InChI=1S/C18H22N4O3/c1-12(6-8-14-5-4-10-25-14)19-17(23)20-13-7-9-15-16(11-13)22(3)18(24)21(15)2/h4-5,7,9-12H,6,8H2,1-3H3,(H2,19,20,23)/t12-/m1/s1. The van der Waals surface area contributed by atoms with Gasteiger partial charge in [-0.25, -0.2) is 9.59 Å². The Morgan fingerprint density at radius 2 is 1.96 bits per heavy atom. The lowest BCUT2D eigenvalue weighted by Crippen LogP contribution is -2.36. The van der Waals surface area contributed by atoms with Crippen LogP contribution in [0.2, 0.25) is 0 Å². The predicted octanol–water partition coefficient (Wildman–Crippen LogP) is 2.61. The van der Waals surface area contributed by atoms with Crippen LogP contribution in [0.15, 0.2) is 45.8 Å². The van der Waals surface area contributed by atoms with Gasteiger partial charge in [0.15, 0.2) is 0 Å². The van der Waals surface area contributed by atoms with E-state index in [1.165, 1.54) is 0 Å². The van der Waals surface area contributed by atoms with Gasteiger partial charge in [0, 0.05) is 32.2 Å². The topological polar surface area (TPSA) is 81.2 Å². The van der Waals surface area contributed by atoms with Gasteiger partial charge in [0.2, 0.25) is 0 Å². The quantitative estimate of drug-likeness (QED) is 0.748. The molecule has 0 radical (unpaired) electrons. The molecule has 25 heavy (non-hydrogen) atoms. The number of nitrogens with zero attached hydrogens (tertiary/aromatic N) is 2. The highest BCUT2D eigenvalue weighted by atomic mass is 16.3. The van der Waals surface area contributed by atoms with Gasteiger partial charge in [-0.1, -0.05) is 0 Å². The van der Waals surface area contributed by atoms with E-state index in [1.54, 1.807) is 41.6 Å². The number of anilines is 1. The van der Waals surface area contributed by atoms with Crippen LogP contribution in [0, 0.1) is 0 Å². The van der Waals surface area contributed by atoms with Gasteiger partial charge in [0.05, 0.1) is 17.3 Å². The van der Waals surface area contributed by atoms with Crippen molar-refractivity contribution in [2.75, 3.05) is 5.32 Å². The van der Waals surface area contributed by atoms with E-state index in [0.29, 0.717) is 5.69 Å². The van der Waals surface area contributed by atoms with Gasteiger partial charge in [0.1, 0.15) is 5.76 Å². The summed E-state index contributed by atoms with van der Waals surface area (Å²) in [5, 5.41) is 5.72. The molecule has 0 saturated heterocycles. The first kappa shape index (κ1) is 16.9. The first-order valence-electron chi connectivity index (χ1n) is 8.21. The van der Waals surface area contributed by atoms with Crippen molar-refractivity contribution in [3.05, 3.63) is 52.8 Å². The first-order valence-corrected chi connectivity index (χ1v) is 8.21. The van der Waals surface area contributed by atoms with Crippen molar-refractivity contribution in [1.29, 1.82) is 0 Å². The third-order valence-corrected chi connectivity index (χ3v) is 4.31. The number of fused-ring (bicyclic) bond motifs is 1. The van der Waals surface area contributed by atoms with Crippen LogP contribution in [0.3, 0.4) is 0 Å². The minimum Gasteiger partial charge on any atom is -0.469 e. The molecule has 2 amide bonds. The zero-order valence-electron chi connectivity index (χ0n) is 14.6. The van der Waals surface area contributed by atoms with Gasteiger partial charge < -0.3 is 15.1 Å². The fourth-order valence-corrected chi connectivity index (χ4v) is 2.86. The van der Waals surface area contributed by atoms with Crippen LogP contribution in [-0.2, 0) is 20.5 Å². The van der Waals surface area contributed by atoms with Crippen LogP contribution < -0.4 is 16.3 Å². The molecule has 0 aliphatic rings. The first-order chi connectivity index (χ1) is 12.0. The molecule has 7 nitrogen and oxygen atoms in total. The molecule has 7 heteroatoms. The Bertz CT molecular complexity index is 937. The highest BCUT2D eigenvalue weighted by molar-refractivity contribution is 5.92. The minimum absolute atomic E-state index is 0.00918. The Labute approximate surface area is 145 Å². The van der Waals surface area contributed by atoms with Crippen LogP contribution in [0.4, 0.5) is 10.5 Å². The second-order valence-electron chi connectivity index (χ2n) is 6.22. The van der Waals surface area contributed by atoms with Crippen LogP contribution in [-0.4, -0.2) is 21.2 Å². The molecular formula is C18H22N4O3. The van der Waals surface area contributed by atoms with E-state index >= 15 is 0 Å². The largest absolute Gasteiger partial charge is 0.469 e. The van der Waals surface area contributed by atoms with E-state index < -0.39 is 0 Å². The average molecular weight is 342 g/mol. The number of aryl methyl sites for hydroxylation is 3. The van der Waals surface area contributed by atoms with E-state index in [9.17, 15) is 9.59 Å². The number of nitrogens with one attached hydrogen (secondary N) is 2. The molecule has 0 aliphatic carbocycles. The number of carbonyl (C=O) groups excluding carboxylic acids is 1. The van der Waals surface area contributed by atoms with Crippen molar-refractivity contribution in [3.63, 3.8) is 0 Å². The van der Waals surface area contributed by atoms with E-state index in [1.807, 2.05) is 25.1 Å². The Hall–Kier alpha value is -2.96. The van der Waals surface area contributed by atoms with Crippen LogP contribution in [0.5, 0.6) is 0 Å². The van der Waals surface area contributed by atoms with E-state index in [0.717, 1.165) is 29.6 Å². The molecule has 2 heterocycles. The summed E-state index contributed by atoms with van der Waals surface area (Å²) in [4.78, 5) is 24.1. The van der Waals surface area contributed by atoms with Crippen molar-refractivity contribution in [2.45, 2.75) is 25.8 Å². The Morgan fingerprint density at radius 3 is 2.68 bits per heavy atom. The SMILES string of the molecule is C[C@H](CCc1ccco1)NC(=O)Nc1ccc2c(c1)n(C)c(=O)n2C. The molecule has 0 fully saturated rings. The summed E-state index contributed by atoms with van der Waals surface area (Å²) in [6.07, 6.45) is 3.20. The lowest BCUT2D eigenvalue weighted by atomic mass is 10.1. The van der Waals surface area contributed by atoms with E-state index in [2.05, 4.69) is 10.6 Å². The monoisotopic (exact) mass is 342 g/mol. The average Bonchev–Trinajstić information content (AvgIpc) is 3.17. The molecule has 2 N–H and O–H groups in total. The van der Waals surface area contributed by atoms with Crippen molar-refractivity contribution < 1.29 is 9.21 Å². The molecule has 1 atom stereocenters. The Balaban J connectivity index is 1.61. The summed E-state index contributed by atoms with van der Waals surface area (Å²) in [7, 11) is 3.44. The summed E-state index contributed by atoms with van der Waals surface area (Å²) >= 11 is 0. The second kappa shape index (κ2) is 6.88. The van der Waals surface area contributed by atoms with Crippen molar-refractivity contribution in [2.24, 2.45) is 14.1 Å². The number of aromatic nitrogens is 2. The van der Waals surface area contributed by atoms with Crippen molar-refractivity contribution in [1.82, 2.24) is 14.5 Å². The number of benzene rings is 1. The maximum absolute atomic E-state index is 12.2. The molecule has 132 valence electrons. The third-order valence-electron chi connectivity index (χ3n) is 4.31. The van der Waals surface area contributed by atoms with Crippen LogP contribution in [0.25, 0.3) is 11.0 Å². The van der Waals surface area contributed by atoms with Gasteiger partial charge in [0.25, 0.3) is 0 Å². The number of hydrogen-bond donors (Lipinski definition) is 2. The number of amides is 2. The lowest BCUT2D eigenvalue weighted by Gasteiger charge is -2.14. The number of urea groups is 1. The zero-order chi connectivity index (χ0) is 18.0. The number of rotatable bonds is 5. The maximum atomic E-state index is 12.2. The summed E-state index contributed by atoms with van der Waals surface area (Å²) in [6.45, 7) is 1.95. The second-order valence-corrected chi connectivity index (χ2v) is 6.22. The number of furan rings is 1. The van der Waals surface area contributed by atoms with Crippen molar-refractivity contribution in [3.8, 4) is 0 Å². The molecule has 0 bridgehead atoms. The highest BCUT2D eigenvalue weighted by Crippen LogP contribution is 2.17. The number of carbonyl (C=O) groups is 1. The molecule has 0 saturated carbocycles. The molecule has 0 aliphatic heterocycles. The van der Waals surface area contributed by atoms with Crippen LogP contribution >= 0.6 is 0 Å². The molecule has 3 rings (SSSR count). The predicted molar refractivity (Wildman–Crippen MR) is 96.8 cm³/mol. The molecule has 0 unspecified atom stereocenters. The summed E-state index contributed by atoms with van der Waals surface area (Å²) in [6, 6.07) is 8.92. The van der Waals surface area contributed by atoms with Gasteiger partial charge >= 0.3 is 11.7 Å². The van der Waals surface area contributed by atoms with E-state index in [-0.39, 0.29) is 17.8 Å². The molecule has 3 aromatic rings. The number of hydrogen-bond acceptors (Lipinski definition) is 3. The summed E-state index contributed by atoms with van der Waals surface area (Å²) < 4.78 is 8.43. The number of imidazole rings is 1. The van der Waals surface area contributed by atoms with E-state index in [4.69, 9.17) is 4.42 Å². The molecule has 0 spiro atoms. The van der Waals surface area contributed by atoms with Gasteiger partial charge in [-0.05, 0) is 43.7 Å². The fourth-order valence-electron chi connectivity index (χ4n) is 2.86. The summed E-state index contributed by atoms with van der Waals surface area (Å²) in [5.74, 6) is 0.907. The minimum atomic E-state index is -0.271. The van der Waals surface area contributed by atoms with Crippen LogP contribution in [0.1, 0.15) is 19.1 Å². The Kier molecular flexibility index (Phi) is 4.65. The zero-order valence-corrected chi connectivity index (χ0v) is 14.6. The third kappa shape index (κ3) is 3.60. The maximum Gasteiger partial charge on any atom is 0.328 e. The van der Waals surface area contributed by atoms with Gasteiger partial charge in [-0.3, -0.25) is 9.13 Å². The van der Waals surface area contributed by atoms with Gasteiger partial charge in [-0.15, -0.1) is 0 Å². The normalized spacial score (nSPS) is 12.3. The summed E-state index contributed by atoms with van der Waals surface area (Å²) in [5.41, 5.74) is 2.15. The smallest absolute Gasteiger partial charge is 0.328 e.